The highest BCUT2D eigenvalue weighted by Crippen LogP contribution is 2.22. The van der Waals surface area contributed by atoms with Gasteiger partial charge in [-0.1, -0.05) is 48.5 Å². The van der Waals surface area contributed by atoms with E-state index in [9.17, 15) is 4.79 Å². The van der Waals surface area contributed by atoms with Crippen LogP contribution in [0.1, 0.15) is 6.92 Å². The van der Waals surface area contributed by atoms with Gasteiger partial charge in [-0.05, 0) is 30.2 Å². The molecule has 1 atom stereocenters. The molecule has 21 heavy (non-hydrogen) atoms. The van der Waals surface area contributed by atoms with Gasteiger partial charge in [0.15, 0.2) is 6.10 Å². The van der Waals surface area contributed by atoms with Gasteiger partial charge >= 0.3 is 0 Å². The van der Waals surface area contributed by atoms with Crippen LogP contribution in [0, 0.1) is 0 Å². The Morgan fingerprint density at radius 2 is 1.76 bits per heavy atom. The van der Waals surface area contributed by atoms with E-state index in [1.54, 1.807) is 13.0 Å². The molecule has 2 rings (SSSR count). The first-order valence-electron chi connectivity index (χ1n) is 6.91. The highest BCUT2D eigenvalue weighted by Gasteiger charge is 2.13. The summed E-state index contributed by atoms with van der Waals surface area (Å²) < 4.78 is 5.62. The standard InChI is InChI=1S/C18H19NO2/c1-3-13-19-18(20)14(2)21-17-11-9-16(10-12-17)15-7-5-4-6-8-15/h3-12,14H,1,13H2,2H3,(H,19,20). The summed E-state index contributed by atoms with van der Waals surface area (Å²) in [5, 5.41) is 2.71. The van der Waals surface area contributed by atoms with Crippen LogP contribution in [0.15, 0.2) is 67.3 Å². The molecule has 1 unspecified atom stereocenters. The van der Waals surface area contributed by atoms with E-state index in [-0.39, 0.29) is 5.91 Å². The molecule has 3 nitrogen and oxygen atoms in total. The fourth-order valence-electron chi connectivity index (χ4n) is 1.93. The van der Waals surface area contributed by atoms with Crippen molar-refractivity contribution in [2.24, 2.45) is 0 Å². The highest BCUT2D eigenvalue weighted by atomic mass is 16.5. The quantitative estimate of drug-likeness (QED) is 0.824. The molecular weight excluding hydrogens is 262 g/mol. The second kappa shape index (κ2) is 7.29. The maximum absolute atomic E-state index is 11.7. The first-order valence-corrected chi connectivity index (χ1v) is 6.91. The van der Waals surface area contributed by atoms with E-state index in [0.717, 1.165) is 11.1 Å². The van der Waals surface area contributed by atoms with Crippen molar-refractivity contribution in [1.82, 2.24) is 5.32 Å². The molecule has 0 radical (unpaired) electrons. The first-order chi connectivity index (χ1) is 10.2. The Kier molecular flexibility index (Phi) is 5.16. The topological polar surface area (TPSA) is 38.3 Å². The minimum Gasteiger partial charge on any atom is -0.481 e. The van der Waals surface area contributed by atoms with Gasteiger partial charge in [-0.25, -0.2) is 0 Å². The Hall–Kier alpha value is -2.55. The molecule has 0 aliphatic carbocycles. The molecule has 0 heterocycles. The normalized spacial score (nSPS) is 11.5. The summed E-state index contributed by atoms with van der Waals surface area (Å²) in [6.07, 6.45) is 1.10. The van der Waals surface area contributed by atoms with Gasteiger partial charge in [0.2, 0.25) is 0 Å². The maximum atomic E-state index is 11.7. The second-order valence-corrected chi connectivity index (χ2v) is 4.68. The molecule has 0 aliphatic rings. The third kappa shape index (κ3) is 4.21. The molecule has 0 aromatic heterocycles. The third-order valence-corrected chi connectivity index (χ3v) is 3.06. The van der Waals surface area contributed by atoms with Crippen LogP contribution in [-0.2, 0) is 4.79 Å². The molecule has 1 N–H and O–H groups in total. The summed E-state index contributed by atoms with van der Waals surface area (Å²) in [6.45, 7) is 5.73. The molecule has 2 aromatic carbocycles. The van der Waals surface area contributed by atoms with Gasteiger partial charge < -0.3 is 10.1 Å². The molecule has 0 fully saturated rings. The van der Waals surface area contributed by atoms with Gasteiger partial charge in [0.05, 0.1) is 0 Å². The van der Waals surface area contributed by atoms with Crippen molar-refractivity contribution in [2.75, 3.05) is 6.54 Å². The number of hydrogen-bond donors (Lipinski definition) is 1. The van der Waals surface area contributed by atoms with Gasteiger partial charge in [-0.3, -0.25) is 4.79 Å². The maximum Gasteiger partial charge on any atom is 0.261 e. The van der Waals surface area contributed by atoms with E-state index in [1.165, 1.54) is 0 Å². The van der Waals surface area contributed by atoms with E-state index < -0.39 is 6.10 Å². The largest absolute Gasteiger partial charge is 0.481 e. The molecule has 3 heteroatoms. The average Bonchev–Trinajstić information content (AvgIpc) is 2.54. The average molecular weight is 281 g/mol. The first kappa shape index (κ1) is 14.9. The predicted octanol–water partition coefficient (Wildman–Crippen LogP) is 3.42. The minimum absolute atomic E-state index is 0.151. The van der Waals surface area contributed by atoms with Gasteiger partial charge in [-0.2, -0.15) is 0 Å². The van der Waals surface area contributed by atoms with E-state index in [0.29, 0.717) is 12.3 Å². The summed E-state index contributed by atoms with van der Waals surface area (Å²) in [5.41, 5.74) is 2.27. The Morgan fingerprint density at radius 3 is 2.38 bits per heavy atom. The van der Waals surface area contributed by atoms with Crippen LogP contribution in [0.3, 0.4) is 0 Å². The SMILES string of the molecule is C=CCNC(=O)C(C)Oc1ccc(-c2ccccc2)cc1. The van der Waals surface area contributed by atoms with Crippen LogP contribution in [0.4, 0.5) is 0 Å². The van der Waals surface area contributed by atoms with Crippen molar-refractivity contribution in [1.29, 1.82) is 0 Å². The lowest BCUT2D eigenvalue weighted by Gasteiger charge is -2.14. The number of ether oxygens (including phenoxy) is 1. The third-order valence-electron chi connectivity index (χ3n) is 3.06. The summed E-state index contributed by atoms with van der Waals surface area (Å²) in [6, 6.07) is 17.8. The van der Waals surface area contributed by atoms with Crippen molar-refractivity contribution < 1.29 is 9.53 Å². The zero-order valence-electron chi connectivity index (χ0n) is 12.1. The zero-order chi connectivity index (χ0) is 15.1. The zero-order valence-corrected chi connectivity index (χ0v) is 12.1. The summed E-state index contributed by atoms with van der Waals surface area (Å²) in [7, 11) is 0. The Bertz CT molecular complexity index is 590. The number of rotatable bonds is 6. The van der Waals surface area contributed by atoms with Gasteiger partial charge in [0.25, 0.3) is 5.91 Å². The number of amides is 1. The van der Waals surface area contributed by atoms with E-state index in [2.05, 4.69) is 24.0 Å². The number of benzene rings is 2. The lowest BCUT2D eigenvalue weighted by atomic mass is 10.1. The molecule has 2 aromatic rings. The van der Waals surface area contributed by atoms with Gasteiger partial charge in [0, 0.05) is 6.54 Å². The second-order valence-electron chi connectivity index (χ2n) is 4.68. The predicted molar refractivity (Wildman–Crippen MR) is 85.2 cm³/mol. The van der Waals surface area contributed by atoms with E-state index in [4.69, 9.17) is 4.74 Å². The monoisotopic (exact) mass is 281 g/mol. The molecule has 0 saturated heterocycles. The van der Waals surface area contributed by atoms with Gasteiger partial charge in [0.1, 0.15) is 5.75 Å². The Balaban J connectivity index is 1.99. The van der Waals surface area contributed by atoms with E-state index >= 15 is 0 Å². The Labute approximate surface area is 125 Å². The van der Waals surface area contributed by atoms with Gasteiger partial charge in [-0.15, -0.1) is 6.58 Å². The van der Waals surface area contributed by atoms with Crippen LogP contribution in [-0.4, -0.2) is 18.6 Å². The highest BCUT2D eigenvalue weighted by molar-refractivity contribution is 5.80. The lowest BCUT2D eigenvalue weighted by molar-refractivity contribution is -0.127. The summed E-state index contributed by atoms with van der Waals surface area (Å²) in [4.78, 5) is 11.7. The number of nitrogens with one attached hydrogen (secondary N) is 1. The van der Waals surface area contributed by atoms with Crippen molar-refractivity contribution in [3.8, 4) is 16.9 Å². The van der Waals surface area contributed by atoms with Crippen LogP contribution in [0.25, 0.3) is 11.1 Å². The molecule has 0 bridgehead atoms. The molecular formula is C18H19NO2. The smallest absolute Gasteiger partial charge is 0.261 e. The lowest BCUT2D eigenvalue weighted by Crippen LogP contribution is -2.36. The summed E-state index contributed by atoms with van der Waals surface area (Å²) >= 11 is 0. The van der Waals surface area contributed by atoms with Crippen LogP contribution < -0.4 is 10.1 Å². The van der Waals surface area contributed by atoms with Crippen molar-refractivity contribution in [2.45, 2.75) is 13.0 Å². The number of hydrogen-bond acceptors (Lipinski definition) is 2. The Morgan fingerprint density at radius 1 is 1.14 bits per heavy atom. The minimum atomic E-state index is -0.535. The molecule has 108 valence electrons. The van der Waals surface area contributed by atoms with Crippen molar-refractivity contribution in [3.05, 3.63) is 67.3 Å². The molecule has 0 saturated carbocycles. The fraction of sp³-hybridized carbons (Fsp3) is 0.167. The number of carbonyl (C=O) groups excluding carboxylic acids is 1. The molecule has 0 aliphatic heterocycles. The van der Waals surface area contributed by atoms with Crippen LogP contribution >= 0.6 is 0 Å². The van der Waals surface area contributed by atoms with Crippen molar-refractivity contribution >= 4 is 5.91 Å². The van der Waals surface area contributed by atoms with Crippen molar-refractivity contribution in [3.63, 3.8) is 0 Å². The summed E-state index contributed by atoms with van der Waals surface area (Å²) in [5.74, 6) is 0.526. The van der Waals surface area contributed by atoms with Crippen LogP contribution in [0.2, 0.25) is 0 Å². The fourth-order valence-corrected chi connectivity index (χ4v) is 1.93. The molecule has 1 amide bonds. The van der Waals surface area contributed by atoms with E-state index in [1.807, 2.05) is 42.5 Å². The molecule has 0 spiro atoms. The van der Waals surface area contributed by atoms with Crippen LogP contribution in [0.5, 0.6) is 5.75 Å². The number of carbonyl (C=O) groups is 1.